The predicted molar refractivity (Wildman–Crippen MR) is 84.0 cm³/mol. The van der Waals surface area contributed by atoms with Gasteiger partial charge in [-0.3, -0.25) is 9.59 Å². The number of nitrogens with zero attached hydrogens (tertiary/aromatic N) is 1. The maximum atomic E-state index is 12.2. The van der Waals surface area contributed by atoms with E-state index in [0.29, 0.717) is 18.7 Å². The van der Waals surface area contributed by atoms with Gasteiger partial charge in [-0.25, -0.2) is 0 Å². The van der Waals surface area contributed by atoms with Gasteiger partial charge in [-0.1, -0.05) is 30.3 Å². The van der Waals surface area contributed by atoms with E-state index in [1.165, 1.54) is 11.1 Å². The standard InChI is InChI=1S/C17H22N2O3/c1-12-5-2-3-6-13(12)7-4-9-19-10-8-14(17(19)22)11-15(20)16(18)21/h2-3,5-6,8,15,20H,4,7,9-11H2,1H3,(H2,18,21). The molecule has 1 unspecified atom stereocenters. The zero-order valence-electron chi connectivity index (χ0n) is 12.8. The predicted octanol–water partition coefficient (Wildman–Crippen LogP) is 0.933. The first-order valence-electron chi connectivity index (χ1n) is 7.49. The summed E-state index contributed by atoms with van der Waals surface area (Å²) in [4.78, 5) is 24.8. The molecular formula is C17H22N2O3. The number of rotatable bonds is 7. The van der Waals surface area contributed by atoms with E-state index >= 15 is 0 Å². The number of nitrogens with two attached hydrogens (primary N) is 1. The Morgan fingerprint density at radius 3 is 2.82 bits per heavy atom. The highest BCUT2D eigenvalue weighted by Crippen LogP contribution is 2.18. The average molecular weight is 302 g/mol. The van der Waals surface area contributed by atoms with Crippen molar-refractivity contribution in [3.63, 3.8) is 0 Å². The summed E-state index contributed by atoms with van der Waals surface area (Å²) < 4.78 is 0. The second-order valence-corrected chi connectivity index (χ2v) is 5.63. The normalized spacial score (nSPS) is 15.8. The lowest BCUT2D eigenvalue weighted by Gasteiger charge is -2.17. The molecule has 5 nitrogen and oxygen atoms in total. The summed E-state index contributed by atoms with van der Waals surface area (Å²) in [5, 5.41) is 9.46. The van der Waals surface area contributed by atoms with Crippen LogP contribution >= 0.6 is 0 Å². The Bertz CT molecular complexity index is 595. The van der Waals surface area contributed by atoms with E-state index in [0.717, 1.165) is 12.8 Å². The summed E-state index contributed by atoms with van der Waals surface area (Å²) >= 11 is 0. The third kappa shape index (κ3) is 3.95. The van der Waals surface area contributed by atoms with Crippen molar-refractivity contribution in [1.82, 2.24) is 4.90 Å². The third-order valence-corrected chi connectivity index (χ3v) is 4.00. The highest BCUT2D eigenvalue weighted by molar-refractivity contribution is 5.96. The van der Waals surface area contributed by atoms with Crippen LogP contribution < -0.4 is 5.73 Å². The lowest BCUT2D eigenvalue weighted by molar-refractivity contribution is -0.127. The van der Waals surface area contributed by atoms with E-state index in [2.05, 4.69) is 19.1 Å². The van der Waals surface area contributed by atoms with E-state index in [9.17, 15) is 14.7 Å². The monoisotopic (exact) mass is 302 g/mol. The molecule has 1 aliphatic heterocycles. The molecule has 0 saturated carbocycles. The van der Waals surface area contributed by atoms with Crippen LogP contribution in [0.25, 0.3) is 0 Å². The summed E-state index contributed by atoms with van der Waals surface area (Å²) in [6.07, 6.45) is 2.29. The topological polar surface area (TPSA) is 83.6 Å². The molecule has 0 aliphatic carbocycles. The van der Waals surface area contributed by atoms with Crippen molar-refractivity contribution >= 4 is 11.8 Å². The zero-order chi connectivity index (χ0) is 16.1. The maximum absolute atomic E-state index is 12.2. The molecule has 118 valence electrons. The average Bonchev–Trinajstić information content (AvgIpc) is 2.82. The Morgan fingerprint density at radius 2 is 2.14 bits per heavy atom. The summed E-state index contributed by atoms with van der Waals surface area (Å²) in [5.74, 6) is -0.906. The Hall–Kier alpha value is -2.14. The Labute approximate surface area is 130 Å². The molecule has 1 aliphatic rings. The van der Waals surface area contributed by atoms with Gasteiger partial charge in [-0.2, -0.15) is 0 Å². The molecule has 0 bridgehead atoms. The van der Waals surface area contributed by atoms with Gasteiger partial charge in [0.1, 0.15) is 6.10 Å². The Kier molecular flexibility index (Phi) is 5.33. The number of carbonyl (C=O) groups is 2. The largest absolute Gasteiger partial charge is 0.383 e. The quantitative estimate of drug-likeness (QED) is 0.786. The third-order valence-electron chi connectivity index (χ3n) is 4.00. The molecule has 22 heavy (non-hydrogen) atoms. The van der Waals surface area contributed by atoms with Gasteiger partial charge in [0.2, 0.25) is 11.8 Å². The number of aliphatic hydroxyl groups excluding tert-OH is 1. The van der Waals surface area contributed by atoms with Gasteiger partial charge < -0.3 is 15.7 Å². The number of hydrogen-bond donors (Lipinski definition) is 2. The van der Waals surface area contributed by atoms with E-state index in [1.54, 1.807) is 11.0 Å². The fourth-order valence-corrected chi connectivity index (χ4v) is 2.62. The van der Waals surface area contributed by atoms with Crippen molar-refractivity contribution in [2.24, 2.45) is 5.73 Å². The number of carbonyl (C=O) groups excluding carboxylic acids is 2. The van der Waals surface area contributed by atoms with Crippen molar-refractivity contribution in [1.29, 1.82) is 0 Å². The number of aryl methyl sites for hydroxylation is 2. The van der Waals surface area contributed by atoms with Gasteiger partial charge in [0.25, 0.3) is 0 Å². The minimum absolute atomic E-state index is 0.00244. The molecule has 0 aromatic heterocycles. The smallest absolute Gasteiger partial charge is 0.249 e. The Morgan fingerprint density at radius 1 is 1.41 bits per heavy atom. The van der Waals surface area contributed by atoms with Crippen molar-refractivity contribution < 1.29 is 14.7 Å². The summed E-state index contributed by atoms with van der Waals surface area (Å²) in [7, 11) is 0. The van der Waals surface area contributed by atoms with Crippen LogP contribution in [-0.2, 0) is 16.0 Å². The summed E-state index contributed by atoms with van der Waals surface area (Å²) in [6, 6.07) is 8.23. The Balaban J connectivity index is 1.80. The van der Waals surface area contributed by atoms with Crippen molar-refractivity contribution in [3.8, 4) is 0 Å². The highest BCUT2D eigenvalue weighted by atomic mass is 16.3. The van der Waals surface area contributed by atoms with Crippen LogP contribution in [0.2, 0.25) is 0 Å². The fraction of sp³-hybridized carbons (Fsp3) is 0.412. The molecule has 2 amide bonds. The molecule has 1 atom stereocenters. The zero-order valence-corrected chi connectivity index (χ0v) is 12.8. The van der Waals surface area contributed by atoms with Gasteiger partial charge in [-0.15, -0.1) is 0 Å². The molecule has 2 rings (SSSR count). The van der Waals surface area contributed by atoms with Crippen LogP contribution in [0.1, 0.15) is 24.0 Å². The molecule has 0 spiro atoms. The molecule has 0 fully saturated rings. The summed E-state index contributed by atoms with van der Waals surface area (Å²) in [5.41, 5.74) is 8.05. The van der Waals surface area contributed by atoms with Gasteiger partial charge in [-0.05, 0) is 30.9 Å². The molecule has 3 N–H and O–H groups in total. The van der Waals surface area contributed by atoms with Crippen LogP contribution in [0.4, 0.5) is 0 Å². The van der Waals surface area contributed by atoms with E-state index < -0.39 is 12.0 Å². The van der Waals surface area contributed by atoms with Gasteiger partial charge in [0.05, 0.1) is 0 Å². The molecule has 1 aromatic carbocycles. The van der Waals surface area contributed by atoms with E-state index in [1.807, 2.05) is 12.1 Å². The van der Waals surface area contributed by atoms with Gasteiger partial charge >= 0.3 is 0 Å². The number of aliphatic hydroxyl groups is 1. The van der Waals surface area contributed by atoms with Crippen LogP contribution in [-0.4, -0.2) is 41.0 Å². The molecule has 5 heteroatoms. The second-order valence-electron chi connectivity index (χ2n) is 5.63. The maximum Gasteiger partial charge on any atom is 0.249 e. The molecule has 0 saturated heterocycles. The lowest BCUT2D eigenvalue weighted by atomic mass is 10.0. The van der Waals surface area contributed by atoms with Crippen LogP contribution in [0.15, 0.2) is 35.9 Å². The fourth-order valence-electron chi connectivity index (χ4n) is 2.62. The summed E-state index contributed by atoms with van der Waals surface area (Å²) in [6.45, 7) is 3.29. The number of hydrogen-bond acceptors (Lipinski definition) is 3. The SMILES string of the molecule is Cc1ccccc1CCCN1CC=C(CC(O)C(N)=O)C1=O. The molecular weight excluding hydrogens is 280 g/mol. The molecule has 1 heterocycles. The van der Waals surface area contributed by atoms with Gasteiger partial charge in [0, 0.05) is 25.1 Å². The van der Waals surface area contributed by atoms with Crippen LogP contribution in [0.3, 0.4) is 0 Å². The molecule has 1 aromatic rings. The minimum Gasteiger partial charge on any atom is -0.383 e. The van der Waals surface area contributed by atoms with Crippen LogP contribution in [0, 0.1) is 6.92 Å². The number of benzene rings is 1. The van der Waals surface area contributed by atoms with Crippen molar-refractivity contribution in [3.05, 3.63) is 47.0 Å². The van der Waals surface area contributed by atoms with E-state index in [4.69, 9.17) is 5.73 Å². The molecule has 0 radical (unpaired) electrons. The van der Waals surface area contributed by atoms with E-state index in [-0.39, 0.29) is 12.3 Å². The highest BCUT2D eigenvalue weighted by Gasteiger charge is 2.26. The first-order chi connectivity index (χ1) is 10.5. The van der Waals surface area contributed by atoms with Crippen molar-refractivity contribution in [2.45, 2.75) is 32.3 Å². The minimum atomic E-state index is -1.29. The lowest BCUT2D eigenvalue weighted by Crippen LogP contribution is -2.32. The first kappa shape index (κ1) is 16.2. The number of amides is 2. The first-order valence-corrected chi connectivity index (χ1v) is 7.49. The van der Waals surface area contributed by atoms with Crippen LogP contribution in [0.5, 0.6) is 0 Å². The van der Waals surface area contributed by atoms with Gasteiger partial charge in [0.15, 0.2) is 0 Å². The number of primary amides is 1. The second kappa shape index (κ2) is 7.22. The van der Waals surface area contributed by atoms with Crippen molar-refractivity contribution in [2.75, 3.05) is 13.1 Å².